The minimum Gasteiger partial charge on any atom is -0.341 e. The average molecular weight is 119 g/mol. The van der Waals surface area contributed by atoms with Crippen molar-refractivity contribution in [1.29, 1.82) is 0 Å². The van der Waals surface area contributed by atoms with E-state index in [1.807, 2.05) is 6.92 Å². The van der Waals surface area contributed by atoms with Crippen LogP contribution in [0.25, 0.3) is 0 Å². The van der Waals surface area contributed by atoms with Crippen LogP contribution < -0.4 is 5.73 Å². The Morgan fingerprint density at radius 2 is 1.75 bits per heavy atom. The first-order chi connectivity index (χ1) is 3.68. The first-order valence-corrected chi connectivity index (χ1v) is 2.57. The molecular formula is C5H13NO2. The third-order valence-electron chi connectivity index (χ3n) is 1.18. The van der Waals surface area contributed by atoms with Crippen LogP contribution in [0.3, 0.4) is 0 Å². The van der Waals surface area contributed by atoms with Crippen molar-refractivity contribution in [3.8, 4) is 0 Å². The smallest absolute Gasteiger partial charge is 0.223 e. The van der Waals surface area contributed by atoms with Gasteiger partial charge in [-0.15, -0.1) is 0 Å². The van der Waals surface area contributed by atoms with Crippen molar-refractivity contribution >= 4 is 0 Å². The van der Waals surface area contributed by atoms with E-state index in [9.17, 15) is 0 Å². The van der Waals surface area contributed by atoms with Crippen molar-refractivity contribution in [2.45, 2.75) is 19.3 Å². The summed E-state index contributed by atoms with van der Waals surface area (Å²) >= 11 is 0. The zero-order chi connectivity index (χ0) is 6.62. The molecule has 0 spiro atoms. The zero-order valence-electron chi connectivity index (χ0n) is 5.60. The Kier molecular flexibility index (Phi) is 2.97. The summed E-state index contributed by atoms with van der Waals surface area (Å²) in [4.78, 5) is 0. The molecule has 0 aromatic heterocycles. The molecular weight excluding hydrogens is 106 g/mol. The van der Waals surface area contributed by atoms with Crippen LogP contribution in [0.15, 0.2) is 0 Å². The summed E-state index contributed by atoms with van der Waals surface area (Å²) in [5.41, 5.74) is 5.45. The lowest BCUT2D eigenvalue weighted by Crippen LogP contribution is -2.42. The second-order valence-corrected chi connectivity index (χ2v) is 1.57. The molecule has 0 aliphatic carbocycles. The van der Waals surface area contributed by atoms with E-state index < -0.39 is 5.91 Å². The van der Waals surface area contributed by atoms with Crippen LogP contribution >= 0.6 is 0 Å². The quantitative estimate of drug-likeness (QED) is 0.543. The highest BCUT2D eigenvalue weighted by Gasteiger charge is 2.19. The van der Waals surface area contributed by atoms with Crippen molar-refractivity contribution in [3.05, 3.63) is 0 Å². The molecule has 0 heterocycles. The molecule has 0 rings (SSSR count). The molecule has 0 aromatic rings. The van der Waals surface area contributed by atoms with Gasteiger partial charge >= 0.3 is 0 Å². The predicted octanol–water partition coefficient (Wildman–Crippen LogP) is 0.302. The third kappa shape index (κ3) is 1.78. The van der Waals surface area contributed by atoms with Gasteiger partial charge in [-0.3, -0.25) is 5.73 Å². The Morgan fingerprint density at radius 3 is 1.75 bits per heavy atom. The highest BCUT2D eigenvalue weighted by molar-refractivity contribution is 4.53. The number of hydrogen-bond acceptors (Lipinski definition) is 3. The molecule has 0 fully saturated rings. The molecule has 0 saturated heterocycles. The van der Waals surface area contributed by atoms with Crippen LogP contribution in [0.4, 0.5) is 0 Å². The molecule has 0 saturated carbocycles. The zero-order valence-corrected chi connectivity index (χ0v) is 5.60. The van der Waals surface area contributed by atoms with Crippen LogP contribution in [0, 0.1) is 0 Å². The highest BCUT2D eigenvalue weighted by Crippen LogP contribution is 2.05. The van der Waals surface area contributed by atoms with Gasteiger partial charge in [-0.05, 0) is 0 Å². The fourth-order valence-electron chi connectivity index (χ4n) is 0.372. The Hall–Kier alpha value is -0.120. The summed E-state index contributed by atoms with van der Waals surface area (Å²) in [6.07, 6.45) is 0.653. The molecule has 2 N–H and O–H groups in total. The Morgan fingerprint density at radius 1 is 1.38 bits per heavy atom. The fraction of sp³-hybridized carbons (Fsp3) is 1.00. The van der Waals surface area contributed by atoms with Gasteiger partial charge in [0.15, 0.2) is 0 Å². The van der Waals surface area contributed by atoms with Gasteiger partial charge in [0, 0.05) is 20.6 Å². The lowest BCUT2D eigenvalue weighted by Gasteiger charge is -2.23. The predicted molar refractivity (Wildman–Crippen MR) is 31.2 cm³/mol. The maximum Gasteiger partial charge on any atom is 0.223 e. The largest absolute Gasteiger partial charge is 0.341 e. The highest BCUT2D eigenvalue weighted by atomic mass is 16.7. The molecule has 3 nitrogen and oxygen atoms in total. The summed E-state index contributed by atoms with van der Waals surface area (Å²) in [7, 11) is 3.04. The molecule has 0 aliphatic heterocycles. The first-order valence-electron chi connectivity index (χ1n) is 2.57. The Labute approximate surface area is 49.8 Å². The second-order valence-electron chi connectivity index (χ2n) is 1.57. The van der Waals surface area contributed by atoms with E-state index >= 15 is 0 Å². The van der Waals surface area contributed by atoms with Gasteiger partial charge in [0.05, 0.1) is 0 Å². The number of ether oxygens (including phenoxy) is 2. The van der Waals surface area contributed by atoms with E-state index in [1.54, 1.807) is 0 Å². The van der Waals surface area contributed by atoms with E-state index in [0.29, 0.717) is 6.42 Å². The van der Waals surface area contributed by atoms with Crippen LogP contribution in [0.5, 0.6) is 0 Å². The van der Waals surface area contributed by atoms with E-state index in [0.717, 1.165) is 0 Å². The number of methoxy groups -OCH3 is 2. The number of nitrogens with two attached hydrogens (primary N) is 1. The molecule has 0 amide bonds. The van der Waals surface area contributed by atoms with Crippen molar-refractivity contribution in [2.24, 2.45) is 5.73 Å². The van der Waals surface area contributed by atoms with Crippen molar-refractivity contribution in [2.75, 3.05) is 14.2 Å². The molecule has 0 unspecified atom stereocenters. The lowest BCUT2D eigenvalue weighted by molar-refractivity contribution is -0.203. The van der Waals surface area contributed by atoms with E-state index in [4.69, 9.17) is 15.2 Å². The van der Waals surface area contributed by atoms with Crippen molar-refractivity contribution in [1.82, 2.24) is 0 Å². The normalized spacial score (nSPS) is 12.0. The van der Waals surface area contributed by atoms with Gasteiger partial charge in [0.25, 0.3) is 0 Å². The van der Waals surface area contributed by atoms with Crippen molar-refractivity contribution in [3.63, 3.8) is 0 Å². The Bertz CT molecular complexity index is 53.2. The van der Waals surface area contributed by atoms with Crippen molar-refractivity contribution < 1.29 is 9.47 Å². The monoisotopic (exact) mass is 119 g/mol. The molecule has 0 aromatic carbocycles. The van der Waals surface area contributed by atoms with Crippen LogP contribution in [0.1, 0.15) is 13.3 Å². The number of hydrogen-bond donors (Lipinski definition) is 1. The molecule has 8 heavy (non-hydrogen) atoms. The second kappa shape index (κ2) is 3.02. The summed E-state index contributed by atoms with van der Waals surface area (Å²) in [5, 5.41) is 0. The van der Waals surface area contributed by atoms with E-state index in [2.05, 4.69) is 0 Å². The van der Waals surface area contributed by atoms with Gasteiger partial charge < -0.3 is 9.47 Å². The van der Waals surface area contributed by atoms with Gasteiger partial charge in [-0.2, -0.15) is 0 Å². The standard InChI is InChI=1S/C5H13NO2/c1-4-5(6,7-2)8-3/h4,6H2,1-3H3. The van der Waals surface area contributed by atoms with Gasteiger partial charge in [-0.25, -0.2) is 0 Å². The summed E-state index contributed by atoms with van der Waals surface area (Å²) < 4.78 is 9.58. The van der Waals surface area contributed by atoms with E-state index in [-0.39, 0.29) is 0 Å². The topological polar surface area (TPSA) is 44.5 Å². The minimum absolute atomic E-state index is 0.653. The summed E-state index contributed by atoms with van der Waals surface area (Å²) in [6, 6.07) is 0. The molecule has 0 radical (unpaired) electrons. The molecule has 3 heteroatoms. The SMILES string of the molecule is CCC(N)(OC)OC. The molecule has 0 bridgehead atoms. The van der Waals surface area contributed by atoms with Crippen LogP contribution in [-0.4, -0.2) is 20.1 Å². The van der Waals surface area contributed by atoms with E-state index in [1.165, 1.54) is 14.2 Å². The third-order valence-corrected chi connectivity index (χ3v) is 1.18. The lowest BCUT2D eigenvalue weighted by atomic mass is 10.4. The van der Waals surface area contributed by atoms with Gasteiger partial charge in [0.1, 0.15) is 0 Å². The maximum absolute atomic E-state index is 5.45. The first kappa shape index (κ1) is 7.88. The minimum atomic E-state index is -0.875. The van der Waals surface area contributed by atoms with Crippen LogP contribution in [-0.2, 0) is 9.47 Å². The Balaban J connectivity index is 3.58. The average Bonchev–Trinajstić information content (AvgIpc) is 1.87. The summed E-state index contributed by atoms with van der Waals surface area (Å²) in [6.45, 7) is 1.90. The molecule has 50 valence electrons. The number of rotatable bonds is 3. The maximum atomic E-state index is 5.45. The molecule has 0 aliphatic rings. The summed E-state index contributed by atoms with van der Waals surface area (Å²) in [5.74, 6) is -0.875. The van der Waals surface area contributed by atoms with Crippen LogP contribution in [0.2, 0.25) is 0 Å². The fourth-order valence-corrected chi connectivity index (χ4v) is 0.372. The van der Waals surface area contributed by atoms with Gasteiger partial charge in [-0.1, -0.05) is 6.92 Å². The molecule has 0 atom stereocenters. The van der Waals surface area contributed by atoms with Gasteiger partial charge in [0.2, 0.25) is 5.91 Å².